The van der Waals surface area contributed by atoms with Crippen molar-refractivity contribution < 1.29 is 28.6 Å². The SMILES string of the molecule is CCCCCCCCCCCCCCCCC(=O)O[C@H](COC(=O)CCCCCCCCCCCCCCCCCCCCC(C)CC)COC(=O)CCCCCCCCCCCCCCCCC(C)CC. The van der Waals surface area contributed by atoms with Crippen LogP contribution in [0.3, 0.4) is 0 Å². The lowest BCUT2D eigenvalue weighted by atomic mass is 9.99. The van der Waals surface area contributed by atoms with Crippen molar-refractivity contribution in [2.24, 2.45) is 11.8 Å². The predicted molar refractivity (Wildman–Crippen MR) is 312 cm³/mol. The van der Waals surface area contributed by atoms with E-state index in [0.717, 1.165) is 69.6 Å². The van der Waals surface area contributed by atoms with E-state index in [1.54, 1.807) is 0 Å². The third-order valence-electron chi connectivity index (χ3n) is 15.9. The number of rotatable bonds is 60. The quantitative estimate of drug-likeness (QED) is 0.0343. The Morgan fingerprint density at radius 1 is 0.278 bits per heavy atom. The van der Waals surface area contributed by atoms with Crippen molar-refractivity contribution in [2.45, 2.75) is 381 Å². The maximum absolute atomic E-state index is 12.9. The molecule has 0 saturated carbocycles. The Bertz CT molecular complexity index is 1110. The van der Waals surface area contributed by atoms with Gasteiger partial charge in [0.25, 0.3) is 0 Å². The normalized spacial score (nSPS) is 12.8. The molecule has 0 fully saturated rings. The van der Waals surface area contributed by atoms with Crippen molar-refractivity contribution in [1.82, 2.24) is 0 Å². The topological polar surface area (TPSA) is 78.9 Å². The van der Waals surface area contributed by atoms with E-state index in [1.807, 2.05) is 0 Å². The van der Waals surface area contributed by atoms with Crippen molar-refractivity contribution in [1.29, 1.82) is 0 Å². The standard InChI is InChI=1S/C66H128O6/c1-6-9-10-11-12-13-14-15-26-33-38-43-48-53-58-66(69)72-63(60-71-65(68)57-52-47-42-37-32-28-23-22-25-30-35-40-45-50-55-62(5)8-3)59-70-64(67)56-51-46-41-36-31-27-21-19-17-16-18-20-24-29-34-39-44-49-54-61(4)7-2/h61-63H,6-60H2,1-5H3/t61?,62?,63-/m1/s1. The fourth-order valence-corrected chi connectivity index (χ4v) is 10.2. The Kier molecular flexibility index (Phi) is 57.4. The molecule has 0 aromatic heterocycles. The molecule has 0 aromatic rings. The molecule has 0 spiro atoms. The number of unbranched alkanes of at least 4 members (excludes halogenated alkanes) is 43. The minimum Gasteiger partial charge on any atom is -0.462 e. The molecule has 0 saturated heterocycles. The van der Waals surface area contributed by atoms with E-state index in [4.69, 9.17) is 14.2 Å². The first kappa shape index (κ1) is 70.4. The molecule has 0 bridgehead atoms. The van der Waals surface area contributed by atoms with Crippen LogP contribution in [-0.4, -0.2) is 37.2 Å². The third kappa shape index (κ3) is 56.1. The molecule has 3 atom stereocenters. The van der Waals surface area contributed by atoms with Crippen LogP contribution in [0.25, 0.3) is 0 Å². The van der Waals surface area contributed by atoms with Crippen LogP contribution in [0, 0.1) is 11.8 Å². The fraction of sp³-hybridized carbons (Fsp3) is 0.955. The van der Waals surface area contributed by atoms with Crippen LogP contribution in [0.2, 0.25) is 0 Å². The first-order chi connectivity index (χ1) is 35.3. The summed E-state index contributed by atoms with van der Waals surface area (Å²) < 4.78 is 17.0. The van der Waals surface area contributed by atoms with Crippen LogP contribution in [-0.2, 0) is 28.6 Å². The maximum Gasteiger partial charge on any atom is 0.306 e. The van der Waals surface area contributed by atoms with Gasteiger partial charge in [0.05, 0.1) is 0 Å². The second kappa shape index (κ2) is 58.7. The maximum atomic E-state index is 12.9. The van der Waals surface area contributed by atoms with E-state index >= 15 is 0 Å². The predicted octanol–water partition coefficient (Wildman–Crippen LogP) is 22.0. The highest BCUT2D eigenvalue weighted by Gasteiger charge is 2.19. The van der Waals surface area contributed by atoms with Gasteiger partial charge in [-0.05, 0) is 31.1 Å². The zero-order valence-corrected chi connectivity index (χ0v) is 49.6. The molecule has 0 rings (SSSR count). The summed E-state index contributed by atoms with van der Waals surface area (Å²) in [6.45, 7) is 11.5. The highest BCUT2D eigenvalue weighted by molar-refractivity contribution is 5.71. The average Bonchev–Trinajstić information content (AvgIpc) is 3.38. The van der Waals surface area contributed by atoms with Crippen molar-refractivity contribution in [3.63, 3.8) is 0 Å². The van der Waals surface area contributed by atoms with E-state index in [1.165, 1.54) is 263 Å². The Labute approximate surface area is 450 Å². The lowest BCUT2D eigenvalue weighted by Gasteiger charge is -2.18. The van der Waals surface area contributed by atoms with E-state index in [-0.39, 0.29) is 31.1 Å². The molecule has 0 aliphatic carbocycles. The Morgan fingerprint density at radius 2 is 0.486 bits per heavy atom. The van der Waals surface area contributed by atoms with Gasteiger partial charge in [0, 0.05) is 19.3 Å². The molecule has 6 heteroatoms. The molecule has 0 aliphatic heterocycles. The van der Waals surface area contributed by atoms with Gasteiger partial charge >= 0.3 is 17.9 Å². The number of ether oxygens (including phenoxy) is 3. The van der Waals surface area contributed by atoms with Crippen LogP contribution in [0.15, 0.2) is 0 Å². The van der Waals surface area contributed by atoms with Gasteiger partial charge in [0.15, 0.2) is 6.10 Å². The van der Waals surface area contributed by atoms with Crippen LogP contribution < -0.4 is 0 Å². The Hall–Kier alpha value is -1.59. The summed E-state index contributed by atoms with van der Waals surface area (Å²) in [4.78, 5) is 38.3. The first-order valence-corrected chi connectivity index (χ1v) is 32.8. The van der Waals surface area contributed by atoms with Crippen molar-refractivity contribution in [2.75, 3.05) is 13.2 Å². The molecule has 2 unspecified atom stereocenters. The van der Waals surface area contributed by atoms with Gasteiger partial charge < -0.3 is 14.2 Å². The van der Waals surface area contributed by atoms with Crippen molar-refractivity contribution in [3.8, 4) is 0 Å². The molecule has 0 heterocycles. The van der Waals surface area contributed by atoms with E-state index in [0.29, 0.717) is 19.3 Å². The summed E-state index contributed by atoms with van der Waals surface area (Å²) in [6.07, 6.45) is 65.2. The van der Waals surface area contributed by atoms with Gasteiger partial charge in [-0.1, -0.05) is 336 Å². The zero-order chi connectivity index (χ0) is 52.5. The van der Waals surface area contributed by atoms with Crippen molar-refractivity contribution >= 4 is 17.9 Å². The summed E-state index contributed by atoms with van der Waals surface area (Å²) in [7, 11) is 0. The molecule has 0 aliphatic rings. The van der Waals surface area contributed by atoms with E-state index in [9.17, 15) is 14.4 Å². The summed E-state index contributed by atoms with van der Waals surface area (Å²) in [6, 6.07) is 0. The van der Waals surface area contributed by atoms with Crippen LogP contribution >= 0.6 is 0 Å². The number of carbonyl (C=O) groups is 3. The second-order valence-corrected chi connectivity index (χ2v) is 23.2. The number of hydrogen-bond donors (Lipinski definition) is 0. The minimum absolute atomic E-state index is 0.0617. The molecular weight excluding hydrogens is 889 g/mol. The molecule has 6 nitrogen and oxygen atoms in total. The molecule has 72 heavy (non-hydrogen) atoms. The number of carbonyl (C=O) groups excluding carboxylic acids is 3. The molecule has 0 radical (unpaired) electrons. The molecule has 428 valence electrons. The Balaban J connectivity index is 4.24. The van der Waals surface area contributed by atoms with Crippen molar-refractivity contribution in [3.05, 3.63) is 0 Å². The van der Waals surface area contributed by atoms with Crippen LogP contribution in [0.5, 0.6) is 0 Å². The highest BCUT2D eigenvalue weighted by Crippen LogP contribution is 2.20. The van der Waals surface area contributed by atoms with Crippen LogP contribution in [0.4, 0.5) is 0 Å². The second-order valence-electron chi connectivity index (χ2n) is 23.2. The third-order valence-corrected chi connectivity index (χ3v) is 15.9. The average molecular weight is 1020 g/mol. The smallest absolute Gasteiger partial charge is 0.306 e. The molecule has 0 N–H and O–H groups in total. The largest absolute Gasteiger partial charge is 0.462 e. The zero-order valence-electron chi connectivity index (χ0n) is 49.6. The lowest BCUT2D eigenvalue weighted by Crippen LogP contribution is -2.30. The lowest BCUT2D eigenvalue weighted by molar-refractivity contribution is -0.167. The van der Waals surface area contributed by atoms with Gasteiger partial charge in [-0.15, -0.1) is 0 Å². The van der Waals surface area contributed by atoms with Crippen LogP contribution in [0.1, 0.15) is 375 Å². The summed E-state index contributed by atoms with van der Waals surface area (Å²) in [5.41, 5.74) is 0. The Morgan fingerprint density at radius 3 is 0.722 bits per heavy atom. The van der Waals surface area contributed by atoms with E-state index < -0.39 is 6.10 Å². The van der Waals surface area contributed by atoms with Gasteiger partial charge in [-0.25, -0.2) is 0 Å². The van der Waals surface area contributed by atoms with Gasteiger partial charge in [0.2, 0.25) is 0 Å². The van der Waals surface area contributed by atoms with Gasteiger partial charge in [-0.2, -0.15) is 0 Å². The van der Waals surface area contributed by atoms with Gasteiger partial charge in [0.1, 0.15) is 13.2 Å². The summed E-state index contributed by atoms with van der Waals surface area (Å²) in [5.74, 6) is 0.976. The number of hydrogen-bond acceptors (Lipinski definition) is 6. The fourth-order valence-electron chi connectivity index (χ4n) is 10.2. The molecular formula is C66H128O6. The monoisotopic (exact) mass is 1020 g/mol. The van der Waals surface area contributed by atoms with Gasteiger partial charge in [-0.3, -0.25) is 14.4 Å². The summed E-state index contributed by atoms with van der Waals surface area (Å²) in [5, 5.41) is 0. The summed E-state index contributed by atoms with van der Waals surface area (Å²) >= 11 is 0. The van der Waals surface area contributed by atoms with E-state index in [2.05, 4.69) is 34.6 Å². The highest BCUT2D eigenvalue weighted by atomic mass is 16.6. The first-order valence-electron chi connectivity index (χ1n) is 32.8. The molecule has 0 aromatic carbocycles. The molecule has 0 amide bonds. The minimum atomic E-state index is -0.763. The number of esters is 3.